The molecule has 0 N–H and O–H groups in total. The van der Waals surface area contributed by atoms with Gasteiger partial charge in [-0.3, -0.25) is 4.79 Å². The van der Waals surface area contributed by atoms with Crippen LogP contribution in [0.1, 0.15) is 56.6 Å². The van der Waals surface area contributed by atoms with Crippen molar-refractivity contribution in [2.75, 3.05) is 50.7 Å². The monoisotopic (exact) mass is 383 g/mol. The predicted molar refractivity (Wildman–Crippen MR) is 109 cm³/mol. The van der Waals surface area contributed by atoms with Gasteiger partial charge < -0.3 is 14.7 Å². The van der Waals surface area contributed by atoms with Crippen LogP contribution in [0.5, 0.6) is 0 Å². The summed E-state index contributed by atoms with van der Waals surface area (Å²) in [6, 6.07) is 2.24. The van der Waals surface area contributed by atoms with Gasteiger partial charge in [0.05, 0.1) is 0 Å². The van der Waals surface area contributed by atoms with Gasteiger partial charge in [0.2, 0.25) is 5.91 Å². The van der Waals surface area contributed by atoms with Crippen molar-refractivity contribution in [3.05, 3.63) is 18.1 Å². The van der Waals surface area contributed by atoms with E-state index in [1.165, 1.54) is 50.9 Å². The summed E-state index contributed by atoms with van der Waals surface area (Å²) >= 11 is 0. The van der Waals surface area contributed by atoms with Crippen LogP contribution in [0.3, 0.4) is 0 Å². The molecular weight excluding hydrogens is 350 g/mol. The predicted octanol–water partition coefficient (Wildman–Crippen LogP) is 2.51. The number of hydrogen-bond acceptors (Lipinski definition) is 5. The molecule has 6 heteroatoms. The molecule has 1 aromatic rings. The lowest BCUT2D eigenvalue weighted by Gasteiger charge is -2.27. The van der Waals surface area contributed by atoms with E-state index in [4.69, 9.17) is 0 Å². The molecule has 1 amide bonds. The van der Waals surface area contributed by atoms with E-state index in [-0.39, 0.29) is 0 Å². The van der Waals surface area contributed by atoms with Crippen molar-refractivity contribution in [2.24, 2.45) is 11.8 Å². The molecule has 4 aliphatic rings. The Labute approximate surface area is 168 Å². The van der Waals surface area contributed by atoms with Crippen molar-refractivity contribution >= 4 is 11.7 Å². The Hall–Kier alpha value is -1.69. The van der Waals surface area contributed by atoms with Crippen LogP contribution in [-0.2, 0) is 4.79 Å². The second-order valence-corrected chi connectivity index (χ2v) is 9.31. The number of nitrogens with zero attached hydrogens (tertiary/aromatic N) is 5. The Balaban J connectivity index is 1.13. The largest absolute Gasteiger partial charge is 0.356 e. The number of anilines is 1. The molecule has 3 saturated heterocycles. The number of amides is 1. The van der Waals surface area contributed by atoms with E-state index in [2.05, 4.69) is 30.7 Å². The van der Waals surface area contributed by atoms with Gasteiger partial charge in [0, 0.05) is 69.9 Å². The molecule has 0 spiro atoms. The lowest BCUT2D eigenvalue weighted by Crippen LogP contribution is -2.39. The average molecular weight is 384 g/mol. The van der Waals surface area contributed by atoms with Gasteiger partial charge in [-0.05, 0) is 37.5 Å². The Morgan fingerprint density at radius 2 is 1.75 bits per heavy atom. The molecule has 152 valence electrons. The third kappa shape index (κ3) is 3.76. The summed E-state index contributed by atoms with van der Waals surface area (Å²) in [7, 11) is 0. The van der Waals surface area contributed by atoms with Gasteiger partial charge >= 0.3 is 0 Å². The molecule has 1 aromatic heterocycles. The second kappa shape index (κ2) is 7.97. The SMILES string of the molecule is O=C1CCCCCN1CCN1CC2CN(c3cc(C4CCC4)ncn3)CC2C1. The number of rotatable bonds is 5. The minimum atomic E-state index is 0.370. The standard InChI is InChI=1S/C22H33N5O/c28-22-7-2-1-3-8-26(22)10-9-25-12-18-14-27(15-19(18)13-25)21-11-20(23-16-24-21)17-5-4-6-17/h11,16-19H,1-10,12-15H2. The van der Waals surface area contributed by atoms with Gasteiger partial charge in [0.15, 0.2) is 0 Å². The number of hydrogen-bond donors (Lipinski definition) is 0. The maximum absolute atomic E-state index is 12.2. The second-order valence-electron chi connectivity index (χ2n) is 9.31. The van der Waals surface area contributed by atoms with Crippen molar-refractivity contribution in [3.8, 4) is 0 Å². The highest BCUT2D eigenvalue weighted by Crippen LogP contribution is 2.37. The molecule has 1 aliphatic carbocycles. The van der Waals surface area contributed by atoms with E-state index >= 15 is 0 Å². The van der Waals surface area contributed by atoms with Crippen molar-refractivity contribution in [2.45, 2.75) is 50.9 Å². The highest BCUT2D eigenvalue weighted by molar-refractivity contribution is 5.76. The smallest absolute Gasteiger partial charge is 0.222 e. The van der Waals surface area contributed by atoms with E-state index in [1.54, 1.807) is 6.33 Å². The van der Waals surface area contributed by atoms with Crippen molar-refractivity contribution in [1.82, 2.24) is 19.8 Å². The first kappa shape index (κ1) is 18.3. The Morgan fingerprint density at radius 1 is 0.929 bits per heavy atom. The summed E-state index contributed by atoms with van der Waals surface area (Å²) < 4.78 is 0. The molecule has 4 fully saturated rings. The summed E-state index contributed by atoms with van der Waals surface area (Å²) in [4.78, 5) is 28.5. The quantitative estimate of drug-likeness (QED) is 0.782. The third-order valence-corrected chi connectivity index (χ3v) is 7.44. The van der Waals surface area contributed by atoms with Crippen LogP contribution in [0.25, 0.3) is 0 Å². The van der Waals surface area contributed by atoms with Crippen molar-refractivity contribution in [1.29, 1.82) is 0 Å². The molecule has 5 rings (SSSR count). The van der Waals surface area contributed by atoms with Crippen LogP contribution < -0.4 is 4.90 Å². The average Bonchev–Trinajstić information content (AvgIpc) is 3.14. The summed E-state index contributed by atoms with van der Waals surface area (Å²) in [5.41, 5.74) is 1.25. The fraction of sp³-hybridized carbons (Fsp3) is 0.773. The van der Waals surface area contributed by atoms with Crippen LogP contribution in [0.2, 0.25) is 0 Å². The zero-order valence-corrected chi connectivity index (χ0v) is 16.9. The fourth-order valence-electron chi connectivity index (χ4n) is 5.46. The van der Waals surface area contributed by atoms with Gasteiger partial charge in [-0.25, -0.2) is 9.97 Å². The van der Waals surface area contributed by atoms with Crippen molar-refractivity contribution in [3.63, 3.8) is 0 Å². The summed E-state index contributed by atoms with van der Waals surface area (Å²) in [5.74, 6) is 3.65. The van der Waals surface area contributed by atoms with E-state index in [0.29, 0.717) is 11.8 Å². The summed E-state index contributed by atoms with van der Waals surface area (Å²) in [6.45, 7) is 7.49. The molecule has 4 heterocycles. The number of fused-ring (bicyclic) bond motifs is 1. The molecular formula is C22H33N5O. The van der Waals surface area contributed by atoms with Crippen LogP contribution in [-0.4, -0.2) is 71.5 Å². The molecule has 0 bridgehead atoms. The van der Waals surface area contributed by atoms with Crippen molar-refractivity contribution < 1.29 is 4.79 Å². The summed E-state index contributed by atoms with van der Waals surface area (Å²) in [6.07, 6.45) is 9.89. The first-order valence-corrected chi connectivity index (χ1v) is 11.3. The highest BCUT2D eigenvalue weighted by Gasteiger charge is 2.40. The van der Waals surface area contributed by atoms with E-state index in [0.717, 1.165) is 63.2 Å². The molecule has 1 saturated carbocycles. The maximum Gasteiger partial charge on any atom is 0.222 e. The Morgan fingerprint density at radius 3 is 2.50 bits per heavy atom. The Bertz CT molecular complexity index is 692. The van der Waals surface area contributed by atoms with Crippen LogP contribution in [0.4, 0.5) is 5.82 Å². The molecule has 28 heavy (non-hydrogen) atoms. The normalized spacial score (nSPS) is 29.1. The van der Waals surface area contributed by atoms with Crippen LogP contribution in [0, 0.1) is 11.8 Å². The molecule has 6 nitrogen and oxygen atoms in total. The van der Waals surface area contributed by atoms with Crippen LogP contribution in [0.15, 0.2) is 12.4 Å². The number of likely N-dealkylation sites (tertiary alicyclic amines) is 2. The lowest BCUT2D eigenvalue weighted by molar-refractivity contribution is -0.130. The van der Waals surface area contributed by atoms with E-state index < -0.39 is 0 Å². The van der Waals surface area contributed by atoms with Gasteiger partial charge in [-0.15, -0.1) is 0 Å². The van der Waals surface area contributed by atoms with E-state index in [9.17, 15) is 4.79 Å². The van der Waals surface area contributed by atoms with Gasteiger partial charge in [0.1, 0.15) is 12.1 Å². The molecule has 3 aliphatic heterocycles. The van der Waals surface area contributed by atoms with E-state index in [1.807, 2.05) is 0 Å². The van der Waals surface area contributed by atoms with Gasteiger partial charge in [-0.1, -0.05) is 12.8 Å². The number of carbonyl (C=O) groups is 1. The molecule has 0 radical (unpaired) electrons. The third-order valence-electron chi connectivity index (χ3n) is 7.44. The zero-order chi connectivity index (χ0) is 18.9. The fourth-order valence-corrected chi connectivity index (χ4v) is 5.46. The Kier molecular flexibility index (Phi) is 5.22. The lowest BCUT2D eigenvalue weighted by atomic mass is 9.83. The maximum atomic E-state index is 12.2. The zero-order valence-electron chi connectivity index (χ0n) is 16.9. The summed E-state index contributed by atoms with van der Waals surface area (Å²) in [5, 5.41) is 0. The minimum Gasteiger partial charge on any atom is -0.356 e. The molecule has 2 unspecified atom stereocenters. The first-order chi connectivity index (χ1) is 13.8. The molecule has 2 atom stereocenters. The van der Waals surface area contributed by atoms with Gasteiger partial charge in [-0.2, -0.15) is 0 Å². The highest BCUT2D eigenvalue weighted by atomic mass is 16.2. The van der Waals surface area contributed by atoms with Crippen LogP contribution >= 0.6 is 0 Å². The van der Waals surface area contributed by atoms with Gasteiger partial charge in [0.25, 0.3) is 0 Å². The number of aromatic nitrogens is 2. The first-order valence-electron chi connectivity index (χ1n) is 11.3. The topological polar surface area (TPSA) is 52.6 Å². The minimum absolute atomic E-state index is 0.370. The number of carbonyl (C=O) groups excluding carboxylic acids is 1. The molecule has 0 aromatic carbocycles.